The van der Waals surface area contributed by atoms with Crippen LogP contribution in [0.1, 0.15) is 26.3 Å². The number of likely N-dealkylation sites (tertiary alicyclic amines) is 1. The van der Waals surface area contributed by atoms with Crippen molar-refractivity contribution in [1.29, 1.82) is 0 Å². The summed E-state index contributed by atoms with van der Waals surface area (Å²) in [7, 11) is 1.74. The number of aliphatic imine (C=N–C) groups is 1. The first-order chi connectivity index (χ1) is 10.4. The highest BCUT2D eigenvalue weighted by Crippen LogP contribution is 2.15. The Kier molecular flexibility index (Phi) is 7.59. The van der Waals surface area contributed by atoms with Crippen molar-refractivity contribution >= 4 is 47.4 Å². The van der Waals surface area contributed by atoms with E-state index < -0.39 is 5.60 Å². The Morgan fingerprint density at radius 3 is 2.70 bits per heavy atom. The molecule has 2 heterocycles. The number of halogens is 1. The highest BCUT2D eigenvalue weighted by Gasteiger charge is 2.34. The number of hydrogen-bond donors (Lipinski definition) is 2. The summed E-state index contributed by atoms with van der Waals surface area (Å²) in [6.45, 7) is 7.62. The molecule has 1 aromatic heterocycles. The number of thiophene rings is 1. The molecule has 1 aliphatic rings. The zero-order valence-electron chi connectivity index (χ0n) is 14.0. The molecule has 0 bridgehead atoms. The summed E-state index contributed by atoms with van der Waals surface area (Å²) in [5.74, 6) is 0.750. The Bertz CT molecular complexity index is 522. The maximum atomic E-state index is 11.9. The molecule has 1 aliphatic heterocycles. The second kappa shape index (κ2) is 8.72. The fourth-order valence-electron chi connectivity index (χ4n) is 2.01. The third-order valence-electron chi connectivity index (χ3n) is 3.14. The molecule has 1 amide bonds. The van der Waals surface area contributed by atoms with Crippen molar-refractivity contribution in [3.05, 3.63) is 22.4 Å². The Morgan fingerprint density at radius 1 is 1.48 bits per heavy atom. The zero-order valence-corrected chi connectivity index (χ0v) is 17.1. The van der Waals surface area contributed by atoms with E-state index in [0.29, 0.717) is 13.1 Å². The van der Waals surface area contributed by atoms with Gasteiger partial charge in [-0.3, -0.25) is 4.99 Å². The standard InChI is InChI=1S/C15H24N4O2S.HI/c1-15(2,3)21-14(20)19-8-12(9-19)18-13(16-4)17-7-11-5-6-22-10-11;/h5-6,10,12H,7-9H2,1-4H3,(H2,16,17,18);1H. The van der Waals surface area contributed by atoms with Gasteiger partial charge in [0.15, 0.2) is 5.96 Å². The Hall–Kier alpha value is -1.03. The molecule has 1 fully saturated rings. The van der Waals surface area contributed by atoms with Crippen molar-refractivity contribution < 1.29 is 9.53 Å². The SMILES string of the molecule is CN=C(NCc1ccsc1)NC1CN(C(=O)OC(C)(C)C)C1.I. The number of rotatable bonds is 3. The van der Waals surface area contributed by atoms with Crippen LogP contribution < -0.4 is 10.6 Å². The van der Waals surface area contributed by atoms with Crippen LogP contribution in [0, 0.1) is 0 Å². The molecule has 23 heavy (non-hydrogen) atoms. The smallest absolute Gasteiger partial charge is 0.410 e. The second-order valence-electron chi connectivity index (χ2n) is 6.28. The fourth-order valence-corrected chi connectivity index (χ4v) is 2.68. The largest absolute Gasteiger partial charge is 0.444 e. The van der Waals surface area contributed by atoms with Crippen molar-refractivity contribution in [3.63, 3.8) is 0 Å². The summed E-state index contributed by atoms with van der Waals surface area (Å²) in [6, 6.07) is 2.29. The Balaban J connectivity index is 0.00000264. The van der Waals surface area contributed by atoms with Crippen molar-refractivity contribution in [3.8, 4) is 0 Å². The molecule has 2 rings (SSSR count). The van der Waals surface area contributed by atoms with Crippen molar-refractivity contribution in [2.45, 2.75) is 39.0 Å². The first-order valence-corrected chi connectivity index (χ1v) is 8.28. The van der Waals surface area contributed by atoms with Crippen LogP contribution in [0.5, 0.6) is 0 Å². The van der Waals surface area contributed by atoms with Crippen molar-refractivity contribution in [2.75, 3.05) is 20.1 Å². The van der Waals surface area contributed by atoms with E-state index in [9.17, 15) is 4.79 Å². The van der Waals surface area contributed by atoms with Gasteiger partial charge in [-0.2, -0.15) is 11.3 Å². The number of amides is 1. The highest BCUT2D eigenvalue weighted by atomic mass is 127. The minimum atomic E-state index is -0.451. The lowest BCUT2D eigenvalue weighted by Crippen LogP contribution is -2.63. The normalized spacial score (nSPS) is 15.5. The molecule has 0 aliphatic carbocycles. The van der Waals surface area contributed by atoms with Gasteiger partial charge in [0.25, 0.3) is 0 Å². The number of carbonyl (C=O) groups excluding carboxylic acids is 1. The first kappa shape index (κ1) is 20.0. The topological polar surface area (TPSA) is 66.0 Å². The molecule has 2 N–H and O–H groups in total. The van der Waals surface area contributed by atoms with E-state index in [1.54, 1.807) is 23.3 Å². The summed E-state index contributed by atoms with van der Waals surface area (Å²) in [5.41, 5.74) is 0.783. The molecule has 130 valence electrons. The average molecular weight is 452 g/mol. The van der Waals surface area contributed by atoms with E-state index in [4.69, 9.17) is 4.74 Å². The van der Waals surface area contributed by atoms with Gasteiger partial charge in [-0.15, -0.1) is 24.0 Å². The number of carbonyl (C=O) groups is 1. The van der Waals surface area contributed by atoms with Crippen LogP contribution in [0.2, 0.25) is 0 Å². The van der Waals surface area contributed by atoms with Gasteiger partial charge in [-0.05, 0) is 43.2 Å². The van der Waals surface area contributed by atoms with Gasteiger partial charge in [0, 0.05) is 26.7 Å². The monoisotopic (exact) mass is 452 g/mol. The zero-order chi connectivity index (χ0) is 16.2. The maximum absolute atomic E-state index is 11.9. The maximum Gasteiger partial charge on any atom is 0.410 e. The molecule has 0 atom stereocenters. The third-order valence-corrected chi connectivity index (χ3v) is 3.87. The van der Waals surface area contributed by atoms with Gasteiger partial charge in [0.2, 0.25) is 0 Å². The Morgan fingerprint density at radius 2 is 2.17 bits per heavy atom. The van der Waals surface area contributed by atoms with Gasteiger partial charge in [0.1, 0.15) is 5.60 Å². The molecule has 0 saturated carbocycles. The van der Waals surface area contributed by atoms with Crippen molar-refractivity contribution in [2.24, 2.45) is 4.99 Å². The molecular formula is C15H25IN4O2S. The van der Waals surface area contributed by atoms with E-state index in [1.165, 1.54) is 5.56 Å². The second-order valence-corrected chi connectivity index (χ2v) is 7.06. The summed E-state index contributed by atoms with van der Waals surface area (Å²) in [4.78, 5) is 17.7. The summed E-state index contributed by atoms with van der Waals surface area (Å²) in [5, 5.41) is 10.7. The number of nitrogens with one attached hydrogen (secondary N) is 2. The molecule has 1 aromatic rings. The van der Waals surface area contributed by atoms with Gasteiger partial charge < -0.3 is 20.3 Å². The predicted molar refractivity (Wildman–Crippen MR) is 105 cm³/mol. The fraction of sp³-hybridized carbons (Fsp3) is 0.600. The molecule has 0 spiro atoms. The van der Waals surface area contributed by atoms with Gasteiger partial charge in [0.05, 0.1) is 6.04 Å². The highest BCUT2D eigenvalue weighted by molar-refractivity contribution is 14.0. The molecule has 0 unspecified atom stereocenters. The lowest BCUT2D eigenvalue weighted by molar-refractivity contribution is 0.00701. The third kappa shape index (κ3) is 6.54. The van der Waals surface area contributed by atoms with Crippen LogP contribution in [0.3, 0.4) is 0 Å². The van der Waals surface area contributed by atoms with Gasteiger partial charge >= 0.3 is 6.09 Å². The van der Waals surface area contributed by atoms with Crippen LogP contribution in [0.15, 0.2) is 21.8 Å². The lowest BCUT2D eigenvalue weighted by atomic mass is 10.1. The number of hydrogen-bond acceptors (Lipinski definition) is 4. The van der Waals surface area contributed by atoms with Gasteiger partial charge in [-0.25, -0.2) is 4.79 Å². The summed E-state index contributed by atoms with van der Waals surface area (Å²) in [6.07, 6.45) is -0.258. The minimum Gasteiger partial charge on any atom is -0.444 e. The molecule has 0 aromatic carbocycles. The van der Waals surface area contributed by atoms with Crippen LogP contribution in [-0.2, 0) is 11.3 Å². The molecular weight excluding hydrogens is 427 g/mol. The molecule has 6 nitrogen and oxygen atoms in total. The van der Waals surface area contributed by atoms with E-state index in [0.717, 1.165) is 12.5 Å². The average Bonchev–Trinajstić information content (AvgIpc) is 2.87. The minimum absolute atomic E-state index is 0. The van der Waals surface area contributed by atoms with E-state index in [2.05, 4.69) is 32.5 Å². The lowest BCUT2D eigenvalue weighted by Gasteiger charge is -2.40. The summed E-state index contributed by atoms with van der Waals surface area (Å²) >= 11 is 1.68. The quantitative estimate of drug-likeness (QED) is 0.421. The van der Waals surface area contributed by atoms with Crippen LogP contribution in [0.4, 0.5) is 4.79 Å². The van der Waals surface area contributed by atoms with Crippen LogP contribution >= 0.6 is 35.3 Å². The van der Waals surface area contributed by atoms with E-state index in [1.807, 2.05) is 20.8 Å². The summed E-state index contributed by atoms with van der Waals surface area (Å²) < 4.78 is 5.33. The van der Waals surface area contributed by atoms with Gasteiger partial charge in [-0.1, -0.05) is 0 Å². The Labute approximate surface area is 158 Å². The van der Waals surface area contributed by atoms with Crippen LogP contribution in [-0.4, -0.2) is 48.7 Å². The number of nitrogens with zero attached hydrogens (tertiary/aromatic N) is 2. The molecule has 1 saturated heterocycles. The van der Waals surface area contributed by atoms with E-state index >= 15 is 0 Å². The predicted octanol–water partition coefficient (Wildman–Crippen LogP) is 2.65. The first-order valence-electron chi connectivity index (χ1n) is 7.33. The molecule has 0 radical (unpaired) electrons. The molecule has 8 heteroatoms. The van der Waals surface area contributed by atoms with E-state index in [-0.39, 0.29) is 36.1 Å². The number of guanidine groups is 1. The van der Waals surface area contributed by atoms with Crippen molar-refractivity contribution in [1.82, 2.24) is 15.5 Å². The number of ether oxygens (including phenoxy) is 1. The van der Waals surface area contributed by atoms with Crippen LogP contribution in [0.25, 0.3) is 0 Å².